The van der Waals surface area contributed by atoms with Gasteiger partial charge in [0.25, 0.3) is 0 Å². The lowest BCUT2D eigenvalue weighted by molar-refractivity contribution is -0.164. The normalized spacial score (nSPS) is 31.0. The molecule has 10 nitrogen and oxygen atoms in total. The summed E-state index contributed by atoms with van der Waals surface area (Å²) in [4.78, 5) is 62.1. The predicted octanol–water partition coefficient (Wildman–Crippen LogP) is 4.20. The molecule has 49 heavy (non-hydrogen) atoms. The van der Waals surface area contributed by atoms with Crippen LogP contribution >= 0.6 is 0 Å². The van der Waals surface area contributed by atoms with Crippen molar-refractivity contribution in [2.75, 3.05) is 26.7 Å². The number of carbonyl (C=O) groups is 4. The van der Waals surface area contributed by atoms with Gasteiger partial charge in [0.15, 0.2) is 0 Å². The quantitative estimate of drug-likeness (QED) is 0.242. The zero-order valence-electron chi connectivity index (χ0n) is 28.4. The summed E-state index contributed by atoms with van der Waals surface area (Å²) in [5, 5.41) is 9.27. The van der Waals surface area contributed by atoms with Crippen LogP contribution in [0.2, 0.25) is 0 Å². The SMILES string of the molecule is C[C@H]1[C@H](c2ccccc2)OC(=O)[C@@H]2[C@H]3C(=O)N(CCCCCCO)[C@H](C(=O)N(Cc4ccccc4)C/C=C\CCC(=O)N1C)[C@]31C=C[C@H]2O1. The number of benzene rings is 2. The number of esters is 1. The number of hydrogen-bond acceptors (Lipinski definition) is 7. The number of fused-ring (bicyclic) bond motifs is 2. The third-order valence-corrected chi connectivity index (χ3v) is 10.5. The monoisotopic (exact) mass is 669 g/mol. The lowest BCUT2D eigenvalue weighted by Crippen LogP contribution is -2.55. The zero-order valence-corrected chi connectivity index (χ0v) is 28.4. The average Bonchev–Trinajstić information content (AvgIpc) is 3.76. The summed E-state index contributed by atoms with van der Waals surface area (Å²) < 4.78 is 12.9. The van der Waals surface area contributed by atoms with Crippen molar-refractivity contribution in [2.24, 2.45) is 11.8 Å². The molecule has 4 aliphatic heterocycles. The number of cyclic esters (lactones) is 1. The van der Waals surface area contributed by atoms with Crippen LogP contribution in [0.1, 0.15) is 62.7 Å². The third kappa shape index (κ3) is 6.81. The minimum atomic E-state index is -1.32. The first-order chi connectivity index (χ1) is 23.8. The number of aliphatic hydroxyl groups excluding tert-OH is 1. The number of unbranched alkanes of at least 4 members (excludes halogenated alkanes) is 3. The molecule has 0 aliphatic carbocycles. The van der Waals surface area contributed by atoms with E-state index in [2.05, 4.69) is 0 Å². The Kier molecular flexibility index (Phi) is 10.6. The van der Waals surface area contributed by atoms with E-state index in [0.717, 1.165) is 24.0 Å². The number of likely N-dealkylation sites (tertiary alicyclic amines) is 1. The van der Waals surface area contributed by atoms with Crippen LogP contribution in [0.25, 0.3) is 0 Å². The molecule has 5 bridgehead atoms. The number of likely N-dealkylation sites (N-methyl/N-ethyl adjacent to an activating group) is 1. The maximum Gasteiger partial charge on any atom is 0.313 e. The number of amides is 3. The number of carbonyl (C=O) groups excluding carboxylic acids is 4. The summed E-state index contributed by atoms with van der Waals surface area (Å²) in [6.45, 7) is 2.89. The van der Waals surface area contributed by atoms with Crippen molar-refractivity contribution in [1.82, 2.24) is 14.7 Å². The van der Waals surface area contributed by atoms with Gasteiger partial charge >= 0.3 is 5.97 Å². The maximum absolute atomic E-state index is 14.8. The number of rotatable bonds is 9. The van der Waals surface area contributed by atoms with E-state index in [0.29, 0.717) is 32.4 Å². The molecule has 2 fully saturated rings. The second kappa shape index (κ2) is 15.1. The fourth-order valence-corrected chi connectivity index (χ4v) is 7.84. The first-order valence-corrected chi connectivity index (χ1v) is 17.5. The molecule has 0 radical (unpaired) electrons. The maximum atomic E-state index is 14.8. The Bertz CT molecular complexity index is 1560. The van der Waals surface area contributed by atoms with E-state index in [4.69, 9.17) is 9.47 Å². The molecule has 4 heterocycles. The molecule has 7 atom stereocenters. The smallest absolute Gasteiger partial charge is 0.313 e. The van der Waals surface area contributed by atoms with Crippen LogP contribution in [0.3, 0.4) is 0 Å². The van der Waals surface area contributed by atoms with Crippen molar-refractivity contribution in [3.8, 4) is 0 Å². The van der Waals surface area contributed by atoms with Crippen LogP contribution in [0.4, 0.5) is 0 Å². The van der Waals surface area contributed by atoms with E-state index < -0.39 is 47.7 Å². The second-order valence-corrected chi connectivity index (χ2v) is 13.6. The molecule has 10 heteroatoms. The average molecular weight is 670 g/mol. The zero-order chi connectivity index (χ0) is 34.5. The molecule has 0 saturated carbocycles. The molecule has 4 aliphatic rings. The molecule has 3 amide bonds. The molecular weight excluding hydrogens is 622 g/mol. The van der Waals surface area contributed by atoms with Crippen molar-refractivity contribution >= 4 is 23.7 Å². The summed E-state index contributed by atoms with van der Waals surface area (Å²) >= 11 is 0. The third-order valence-electron chi connectivity index (χ3n) is 10.5. The van der Waals surface area contributed by atoms with Crippen molar-refractivity contribution in [1.29, 1.82) is 0 Å². The predicted molar refractivity (Wildman–Crippen MR) is 183 cm³/mol. The van der Waals surface area contributed by atoms with Crippen molar-refractivity contribution in [2.45, 2.75) is 81.9 Å². The van der Waals surface area contributed by atoms with Crippen LogP contribution in [0.15, 0.2) is 85.0 Å². The Morgan fingerprint density at radius 1 is 0.898 bits per heavy atom. The van der Waals surface area contributed by atoms with Gasteiger partial charge in [-0.3, -0.25) is 19.2 Å². The van der Waals surface area contributed by atoms with Crippen molar-refractivity contribution < 1.29 is 33.8 Å². The molecule has 2 aromatic carbocycles. The fourth-order valence-electron chi connectivity index (χ4n) is 7.84. The number of nitrogens with zero attached hydrogens (tertiary/aromatic N) is 3. The van der Waals surface area contributed by atoms with Crippen molar-refractivity contribution in [3.05, 3.63) is 96.1 Å². The summed E-state index contributed by atoms with van der Waals surface area (Å²) in [7, 11) is 1.72. The van der Waals surface area contributed by atoms with Gasteiger partial charge in [0.2, 0.25) is 17.7 Å². The van der Waals surface area contributed by atoms with E-state index in [1.165, 1.54) is 0 Å². The Morgan fingerprint density at radius 3 is 2.35 bits per heavy atom. The summed E-state index contributed by atoms with van der Waals surface area (Å²) in [5.41, 5.74) is 0.360. The minimum Gasteiger partial charge on any atom is -0.455 e. The molecule has 1 spiro atoms. The first-order valence-electron chi connectivity index (χ1n) is 17.5. The minimum absolute atomic E-state index is 0.0929. The first kappa shape index (κ1) is 34.6. The highest BCUT2D eigenvalue weighted by atomic mass is 16.6. The Balaban J connectivity index is 1.40. The molecule has 0 aromatic heterocycles. The van der Waals surface area contributed by atoms with E-state index in [1.54, 1.807) is 27.8 Å². The van der Waals surface area contributed by atoms with Gasteiger partial charge in [0.05, 0.1) is 18.1 Å². The van der Waals surface area contributed by atoms with Gasteiger partial charge in [-0.05, 0) is 37.3 Å². The number of allylic oxidation sites excluding steroid dienone is 1. The molecule has 0 unspecified atom stereocenters. The van der Waals surface area contributed by atoms with Crippen LogP contribution in [0.5, 0.6) is 0 Å². The number of aliphatic hydroxyl groups is 1. The number of hydrogen-bond donors (Lipinski definition) is 1. The van der Waals surface area contributed by atoms with Gasteiger partial charge in [-0.25, -0.2) is 0 Å². The Labute approximate surface area is 288 Å². The highest BCUT2D eigenvalue weighted by molar-refractivity contribution is 5.99. The topological polar surface area (TPSA) is 117 Å². The summed E-state index contributed by atoms with van der Waals surface area (Å²) in [6, 6.07) is 17.6. The van der Waals surface area contributed by atoms with E-state index in [9.17, 15) is 24.3 Å². The second-order valence-electron chi connectivity index (χ2n) is 13.6. The van der Waals surface area contributed by atoms with Gasteiger partial charge < -0.3 is 29.3 Å². The molecule has 260 valence electrons. The standard InChI is InChI=1S/C39H47N3O7/c1-27-34(29-18-10-6-11-19-29)48-38(47)32-30-21-22-39(49-30)33(32)36(45)42(24-14-3-4-15-25-43)35(39)37(46)41(26-28-16-8-5-9-17-28)23-13-7-12-20-31(44)40(27)2/h5-11,13,16-19,21-22,27,30,32-35,43H,3-4,12,14-15,20,23-26H2,1-2H3/b13-7-/t27-,30+,32-,33-,34+,35+,39-/m0/s1. The van der Waals surface area contributed by atoms with E-state index >= 15 is 0 Å². The van der Waals surface area contributed by atoms with Crippen molar-refractivity contribution in [3.63, 3.8) is 0 Å². The molecule has 6 rings (SSSR count). The summed E-state index contributed by atoms with van der Waals surface area (Å²) in [6.07, 6.45) is 9.58. The van der Waals surface area contributed by atoms with E-state index in [1.807, 2.05) is 85.8 Å². The van der Waals surface area contributed by atoms with Crippen LogP contribution in [0, 0.1) is 11.8 Å². The van der Waals surface area contributed by atoms with Gasteiger partial charge in [0.1, 0.15) is 23.7 Å². The molecule has 1 N–H and O–H groups in total. The lowest BCUT2D eigenvalue weighted by atomic mass is 9.74. The summed E-state index contributed by atoms with van der Waals surface area (Å²) in [5.74, 6) is -3.11. The van der Waals surface area contributed by atoms with Crippen LogP contribution in [-0.4, -0.2) is 94.0 Å². The van der Waals surface area contributed by atoms with Gasteiger partial charge in [-0.1, -0.05) is 97.8 Å². The van der Waals surface area contributed by atoms with E-state index in [-0.39, 0.29) is 37.3 Å². The van der Waals surface area contributed by atoms with Crippen LogP contribution in [-0.2, 0) is 35.2 Å². The largest absolute Gasteiger partial charge is 0.455 e. The highest BCUT2D eigenvalue weighted by Crippen LogP contribution is 2.56. The molecule has 2 saturated heterocycles. The van der Waals surface area contributed by atoms with Gasteiger partial charge in [-0.2, -0.15) is 0 Å². The lowest BCUT2D eigenvalue weighted by Gasteiger charge is -2.36. The van der Waals surface area contributed by atoms with Crippen LogP contribution < -0.4 is 0 Å². The fraction of sp³-hybridized carbons (Fsp3) is 0.487. The molecular formula is C39H47N3O7. The number of ether oxygens (including phenoxy) is 2. The van der Waals surface area contributed by atoms with Gasteiger partial charge in [0, 0.05) is 39.7 Å². The molecule has 2 aromatic rings. The van der Waals surface area contributed by atoms with Gasteiger partial charge in [-0.15, -0.1) is 0 Å². The Hall–Kier alpha value is -4.28. The Morgan fingerprint density at radius 2 is 1.61 bits per heavy atom. The highest BCUT2D eigenvalue weighted by Gasteiger charge is 2.73.